The highest BCUT2D eigenvalue weighted by Crippen LogP contribution is 2.34. The second kappa shape index (κ2) is 12.0. The van der Waals surface area contributed by atoms with Crippen LogP contribution in [0.2, 0.25) is 0 Å². The van der Waals surface area contributed by atoms with Crippen molar-refractivity contribution in [3.05, 3.63) is 72.1 Å². The quantitative estimate of drug-likeness (QED) is 0.322. The Labute approximate surface area is 198 Å². The summed E-state index contributed by atoms with van der Waals surface area (Å²) in [5, 5.41) is 12.2. The maximum atomic E-state index is 12.5. The molecule has 0 radical (unpaired) electrons. The van der Waals surface area contributed by atoms with Crippen molar-refractivity contribution in [2.45, 2.75) is 24.7 Å². The predicted octanol–water partition coefficient (Wildman–Crippen LogP) is 3.49. The van der Waals surface area contributed by atoms with Gasteiger partial charge < -0.3 is 24.1 Å². The van der Waals surface area contributed by atoms with Gasteiger partial charge in [0.2, 0.25) is 5.91 Å². The van der Waals surface area contributed by atoms with Gasteiger partial charge in [-0.25, -0.2) is 0 Å². The van der Waals surface area contributed by atoms with E-state index in [4.69, 9.17) is 14.2 Å². The van der Waals surface area contributed by atoms with Crippen LogP contribution in [0.5, 0.6) is 17.2 Å². The molecule has 0 spiro atoms. The number of hydrogen-bond donors (Lipinski definition) is 1. The van der Waals surface area contributed by atoms with Gasteiger partial charge in [0.05, 0.1) is 27.1 Å². The van der Waals surface area contributed by atoms with Crippen LogP contribution in [0, 0.1) is 0 Å². The molecule has 3 aromatic rings. The molecule has 0 bridgehead atoms. The van der Waals surface area contributed by atoms with Gasteiger partial charge in [0, 0.05) is 31.1 Å². The normalized spacial score (nSPS) is 10.5. The molecule has 0 aliphatic rings. The SMILES string of the molecule is C=CCn1c(Cc2ccccc2)nnc1SCC(=O)NCc1cc(OC)c(OC)cc1OC. The van der Waals surface area contributed by atoms with Gasteiger partial charge in [0.15, 0.2) is 16.7 Å². The van der Waals surface area contributed by atoms with Gasteiger partial charge in [-0.05, 0) is 11.6 Å². The summed E-state index contributed by atoms with van der Waals surface area (Å²) in [6.07, 6.45) is 2.46. The van der Waals surface area contributed by atoms with Crippen molar-refractivity contribution in [1.82, 2.24) is 20.1 Å². The number of ether oxygens (including phenoxy) is 3. The van der Waals surface area contributed by atoms with Crippen LogP contribution >= 0.6 is 11.8 Å². The second-order valence-corrected chi connectivity index (χ2v) is 7.99. The lowest BCUT2D eigenvalue weighted by molar-refractivity contribution is -0.118. The molecule has 8 nitrogen and oxygen atoms in total. The molecule has 9 heteroatoms. The summed E-state index contributed by atoms with van der Waals surface area (Å²) >= 11 is 1.34. The number of nitrogens with zero attached hydrogens (tertiary/aromatic N) is 3. The number of aromatic nitrogens is 3. The number of hydrogen-bond acceptors (Lipinski definition) is 7. The van der Waals surface area contributed by atoms with Crippen LogP contribution in [0.4, 0.5) is 0 Å². The number of amides is 1. The van der Waals surface area contributed by atoms with E-state index in [0.29, 0.717) is 41.9 Å². The van der Waals surface area contributed by atoms with Crippen molar-refractivity contribution in [3.8, 4) is 17.2 Å². The zero-order valence-electron chi connectivity index (χ0n) is 19.0. The first kappa shape index (κ1) is 24.2. The van der Waals surface area contributed by atoms with E-state index in [2.05, 4.69) is 34.2 Å². The number of benzene rings is 2. The van der Waals surface area contributed by atoms with E-state index < -0.39 is 0 Å². The molecule has 0 atom stereocenters. The van der Waals surface area contributed by atoms with Gasteiger partial charge in [0.25, 0.3) is 0 Å². The van der Waals surface area contributed by atoms with Crippen molar-refractivity contribution in [2.24, 2.45) is 0 Å². The maximum absolute atomic E-state index is 12.5. The van der Waals surface area contributed by atoms with E-state index in [9.17, 15) is 4.79 Å². The minimum atomic E-state index is -0.130. The predicted molar refractivity (Wildman–Crippen MR) is 128 cm³/mol. The molecule has 0 aliphatic heterocycles. The summed E-state index contributed by atoms with van der Waals surface area (Å²) in [7, 11) is 4.70. The molecular formula is C24H28N4O4S. The maximum Gasteiger partial charge on any atom is 0.230 e. The van der Waals surface area contributed by atoms with Crippen molar-refractivity contribution in [3.63, 3.8) is 0 Å². The van der Waals surface area contributed by atoms with Crippen LogP contribution in [0.1, 0.15) is 17.0 Å². The molecule has 0 saturated carbocycles. The molecule has 1 heterocycles. The second-order valence-electron chi connectivity index (χ2n) is 7.04. The fourth-order valence-corrected chi connectivity index (χ4v) is 4.05. The van der Waals surface area contributed by atoms with Gasteiger partial charge in [-0.15, -0.1) is 16.8 Å². The van der Waals surface area contributed by atoms with Crippen LogP contribution < -0.4 is 19.5 Å². The number of carbonyl (C=O) groups is 1. The molecule has 0 unspecified atom stereocenters. The van der Waals surface area contributed by atoms with Gasteiger partial charge >= 0.3 is 0 Å². The van der Waals surface area contributed by atoms with Crippen LogP contribution in [-0.4, -0.2) is 47.8 Å². The number of allylic oxidation sites excluding steroid dienone is 1. The topological polar surface area (TPSA) is 87.5 Å². The molecule has 1 aromatic heterocycles. The Morgan fingerprint density at radius 2 is 1.76 bits per heavy atom. The van der Waals surface area contributed by atoms with E-state index in [0.717, 1.165) is 17.0 Å². The average Bonchev–Trinajstić information content (AvgIpc) is 3.22. The Kier molecular flexibility index (Phi) is 8.77. The lowest BCUT2D eigenvalue weighted by Gasteiger charge is -2.14. The van der Waals surface area contributed by atoms with Crippen molar-refractivity contribution >= 4 is 17.7 Å². The first-order valence-corrected chi connectivity index (χ1v) is 11.3. The molecule has 1 N–H and O–H groups in total. The van der Waals surface area contributed by atoms with Gasteiger partial charge in [0.1, 0.15) is 11.6 Å². The molecule has 33 heavy (non-hydrogen) atoms. The fraction of sp³-hybridized carbons (Fsp3) is 0.292. The van der Waals surface area contributed by atoms with E-state index in [1.807, 2.05) is 22.8 Å². The minimum Gasteiger partial charge on any atom is -0.496 e. The van der Waals surface area contributed by atoms with Gasteiger partial charge in [-0.1, -0.05) is 48.2 Å². The highest BCUT2D eigenvalue weighted by atomic mass is 32.2. The lowest BCUT2D eigenvalue weighted by atomic mass is 10.1. The number of carbonyl (C=O) groups excluding carboxylic acids is 1. The molecule has 2 aromatic carbocycles. The Morgan fingerprint density at radius 1 is 1.06 bits per heavy atom. The van der Waals surface area contributed by atoms with Gasteiger partial charge in [-0.2, -0.15) is 0 Å². The Balaban J connectivity index is 1.62. The summed E-state index contributed by atoms with van der Waals surface area (Å²) in [4.78, 5) is 12.5. The summed E-state index contributed by atoms with van der Waals surface area (Å²) in [5.41, 5.74) is 1.93. The number of nitrogens with one attached hydrogen (secondary N) is 1. The highest BCUT2D eigenvalue weighted by molar-refractivity contribution is 7.99. The zero-order chi connectivity index (χ0) is 23.6. The van der Waals surface area contributed by atoms with E-state index in [1.165, 1.54) is 11.8 Å². The minimum absolute atomic E-state index is 0.130. The summed E-state index contributed by atoms with van der Waals surface area (Å²) in [5.74, 6) is 2.65. The lowest BCUT2D eigenvalue weighted by Crippen LogP contribution is -2.25. The molecule has 0 saturated heterocycles. The van der Waals surface area contributed by atoms with E-state index in [-0.39, 0.29) is 11.7 Å². The number of methoxy groups -OCH3 is 3. The van der Waals surface area contributed by atoms with Crippen LogP contribution in [-0.2, 0) is 24.3 Å². The summed E-state index contributed by atoms with van der Waals surface area (Å²) < 4.78 is 18.0. The fourth-order valence-electron chi connectivity index (χ4n) is 3.25. The third-order valence-corrected chi connectivity index (χ3v) is 5.87. The average molecular weight is 469 g/mol. The molecular weight excluding hydrogens is 440 g/mol. The molecule has 0 fully saturated rings. The Morgan fingerprint density at radius 3 is 2.42 bits per heavy atom. The molecule has 1 amide bonds. The molecule has 174 valence electrons. The Bertz CT molecular complexity index is 1090. The Hall–Kier alpha value is -3.46. The van der Waals surface area contributed by atoms with Crippen LogP contribution in [0.25, 0.3) is 0 Å². The zero-order valence-corrected chi connectivity index (χ0v) is 19.9. The van der Waals surface area contributed by atoms with E-state index >= 15 is 0 Å². The van der Waals surface area contributed by atoms with Crippen molar-refractivity contribution in [1.29, 1.82) is 0 Å². The third-order valence-electron chi connectivity index (χ3n) is 4.91. The summed E-state index contributed by atoms with van der Waals surface area (Å²) in [6, 6.07) is 13.6. The van der Waals surface area contributed by atoms with E-state index in [1.54, 1.807) is 39.5 Å². The first-order chi connectivity index (χ1) is 16.1. The third kappa shape index (κ3) is 6.29. The van der Waals surface area contributed by atoms with Crippen LogP contribution in [0.15, 0.2) is 60.3 Å². The molecule has 3 rings (SSSR count). The van der Waals surface area contributed by atoms with Crippen molar-refractivity contribution in [2.75, 3.05) is 27.1 Å². The van der Waals surface area contributed by atoms with Crippen LogP contribution in [0.3, 0.4) is 0 Å². The summed E-state index contributed by atoms with van der Waals surface area (Å²) in [6.45, 7) is 4.69. The smallest absolute Gasteiger partial charge is 0.230 e. The highest BCUT2D eigenvalue weighted by Gasteiger charge is 2.16. The molecule has 0 aliphatic carbocycles. The number of thioether (sulfide) groups is 1. The monoisotopic (exact) mass is 468 g/mol. The number of rotatable bonds is 12. The largest absolute Gasteiger partial charge is 0.496 e. The first-order valence-electron chi connectivity index (χ1n) is 10.3. The standard InChI is InChI=1S/C24H28N4O4S/c1-5-11-28-22(12-17-9-7-6-8-10-17)26-27-24(28)33-16-23(29)25-15-18-13-20(31-3)21(32-4)14-19(18)30-2/h5-10,13-14H,1,11-12,15-16H2,2-4H3,(H,25,29). The van der Waals surface area contributed by atoms with Crippen molar-refractivity contribution < 1.29 is 19.0 Å². The van der Waals surface area contributed by atoms with Gasteiger partial charge in [-0.3, -0.25) is 4.79 Å².